The van der Waals surface area contributed by atoms with Crippen LogP contribution < -0.4 is 5.18 Å². The van der Waals surface area contributed by atoms with E-state index < -0.39 is 0 Å². The van der Waals surface area contributed by atoms with Crippen molar-refractivity contribution in [2.45, 2.75) is 26.2 Å². The molecule has 32 heavy (non-hydrogen) atoms. The molecule has 0 radical (unpaired) electrons. The van der Waals surface area contributed by atoms with Crippen LogP contribution in [0, 0.1) is 4.91 Å². The number of carbonyl (C=O) groups is 2. The number of carbonyl (C=O) groups excluding carboxylic acids is 2. The number of hydrogen-bond donors (Lipinski definition) is 1. The van der Waals surface area contributed by atoms with E-state index in [9.17, 15) is 14.5 Å². The van der Waals surface area contributed by atoms with Gasteiger partial charge in [0.1, 0.15) is 0 Å². The number of benzene rings is 2. The van der Waals surface area contributed by atoms with Crippen LogP contribution in [0.5, 0.6) is 0 Å². The van der Waals surface area contributed by atoms with Gasteiger partial charge in [-0.15, -0.1) is 0 Å². The molecule has 174 valence electrons. The Hall–Kier alpha value is -2.74. The first-order chi connectivity index (χ1) is 14.9. The summed E-state index contributed by atoms with van der Waals surface area (Å²) in [6.45, 7) is 4.41. The van der Waals surface area contributed by atoms with Gasteiger partial charge < -0.3 is 14.9 Å². The van der Waals surface area contributed by atoms with Crippen molar-refractivity contribution in [3.05, 3.63) is 80.7 Å². The lowest BCUT2D eigenvalue weighted by atomic mass is 9.96. The first kappa shape index (κ1) is 29.3. The van der Waals surface area contributed by atoms with E-state index in [2.05, 4.69) is 0 Å². The fourth-order valence-electron chi connectivity index (χ4n) is 2.55. The average molecular weight is 484 g/mol. The third-order valence-corrected chi connectivity index (χ3v) is 4.39. The molecule has 0 bridgehead atoms. The summed E-state index contributed by atoms with van der Waals surface area (Å²) < 4.78 is 9.60. The van der Waals surface area contributed by atoms with Crippen molar-refractivity contribution in [3.8, 4) is 0 Å². The summed E-state index contributed by atoms with van der Waals surface area (Å²) in [5, 5.41) is 3.07. The molecular weight excluding hydrogens is 457 g/mol. The second-order valence-electron chi connectivity index (χ2n) is 6.25. The monoisotopic (exact) mass is 483 g/mol. The Morgan fingerprint density at radius 3 is 2.19 bits per heavy atom. The van der Waals surface area contributed by atoms with E-state index in [0.717, 1.165) is 11.1 Å². The van der Waals surface area contributed by atoms with Gasteiger partial charge >= 0.3 is 11.9 Å². The van der Waals surface area contributed by atoms with E-state index in [-0.39, 0.29) is 36.3 Å². The van der Waals surface area contributed by atoms with Gasteiger partial charge in [0.2, 0.25) is 0 Å². The predicted molar refractivity (Wildman–Crippen MR) is 124 cm³/mol. The molecule has 2 aromatic rings. The second-order valence-corrected chi connectivity index (χ2v) is 7.12. The van der Waals surface area contributed by atoms with Crippen LogP contribution >= 0.6 is 23.2 Å². The molecule has 0 aromatic heterocycles. The molecule has 0 fully saturated rings. The minimum atomic E-state index is -0.340. The predicted octanol–water partition coefficient (Wildman–Crippen LogP) is 3.96. The quantitative estimate of drug-likeness (QED) is 0.426. The molecule has 0 amide bonds. The number of nitrogens with one attached hydrogen (secondary N) is 1. The van der Waals surface area contributed by atoms with Gasteiger partial charge in [0.15, 0.2) is 6.54 Å². The zero-order valence-corrected chi connectivity index (χ0v) is 19.4. The van der Waals surface area contributed by atoms with Crippen molar-refractivity contribution in [2.24, 2.45) is 0 Å². The van der Waals surface area contributed by atoms with Gasteiger partial charge in [0.25, 0.3) is 0 Å². The summed E-state index contributed by atoms with van der Waals surface area (Å²) in [6.07, 6.45) is 3.22. The zero-order valence-electron chi connectivity index (χ0n) is 17.9. The van der Waals surface area contributed by atoms with E-state index >= 15 is 0 Å². The van der Waals surface area contributed by atoms with Gasteiger partial charge in [-0.3, -0.25) is 4.79 Å². The molecule has 9 heteroatoms. The lowest BCUT2D eigenvalue weighted by Gasteiger charge is -2.11. The van der Waals surface area contributed by atoms with Gasteiger partial charge in [-0.1, -0.05) is 47.5 Å². The van der Waals surface area contributed by atoms with Crippen molar-refractivity contribution < 1.29 is 29.7 Å². The van der Waals surface area contributed by atoms with Crippen LogP contribution in [0.4, 0.5) is 0 Å². The summed E-state index contributed by atoms with van der Waals surface area (Å²) in [7, 11) is 0. The van der Waals surface area contributed by atoms with Crippen molar-refractivity contribution in [1.82, 2.24) is 0 Å². The minimum absolute atomic E-state index is 0. The van der Waals surface area contributed by atoms with Crippen LogP contribution in [0.25, 0.3) is 6.08 Å². The Balaban J connectivity index is 0.000000592. The van der Waals surface area contributed by atoms with Crippen LogP contribution in [-0.2, 0) is 19.1 Å². The molecular formula is C23H27Cl2NO6. The first-order valence-electron chi connectivity index (χ1n) is 9.76. The van der Waals surface area contributed by atoms with Crippen molar-refractivity contribution in [2.75, 3.05) is 19.8 Å². The Kier molecular flexibility index (Phi) is 15.4. The molecule has 0 saturated carbocycles. The van der Waals surface area contributed by atoms with Gasteiger partial charge in [-0.25, -0.2) is 4.79 Å². The maximum atomic E-state index is 11.4. The molecule has 2 N–H and O–H groups in total. The van der Waals surface area contributed by atoms with Crippen LogP contribution in [-0.4, -0.2) is 37.2 Å². The largest absolute Gasteiger partial charge is 0.870 e. The fraction of sp³-hybridized carbons (Fsp3) is 0.304. The number of esters is 2. The average Bonchev–Trinajstić information content (AvgIpc) is 2.73. The molecule has 0 aliphatic carbocycles. The fourth-order valence-corrected chi connectivity index (χ4v) is 2.95. The molecule has 1 atom stereocenters. The Labute approximate surface area is 197 Å². The molecule has 0 heterocycles. The Bertz CT molecular complexity index is 888. The molecule has 2 rings (SSSR count). The van der Waals surface area contributed by atoms with E-state index in [1.807, 2.05) is 23.4 Å². The van der Waals surface area contributed by atoms with Gasteiger partial charge in [-0.2, -0.15) is 0 Å². The van der Waals surface area contributed by atoms with Gasteiger partial charge in [-0.05, 0) is 60.5 Å². The highest BCUT2D eigenvalue weighted by atomic mass is 35.5. The molecule has 7 nitrogen and oxygen atoms in total. The zero-order chi connectivity index (χ0) is 23.1. The van der Waals surface area contributed by atoms with E-state index in [1.165, 1.54) is 6.08 Å². The van der Waals surface area contributed by atoms with Crippen LogP contribution in [0.15, 0.2) is 54.6 Å². The second kappa shape index (κ2) is 16.9. The van der Waals surface area contributed by atoms with Crippen molar-refractivity contribution >= 4 is 41.2 Å². The van der Waals surface area contributed by atoms with Crippen LogP contribution in [0.3, 0.4) is 0 Å². The molecule has 0 saturated heterocycles. The minimum Gasteiger partial charge on any atom is -0.870 e. The van der Waals surface area contributed by atoms with Crippen molar-refractivity contribution in [3.63, 3.8) is 0 Å². The lowest BCUT2D eigenvalue weighted by Crippen LogP contribution is -2.66. The molecule has 0 aliphatic rings. The molecule has 1 unspecified atom stereocenters. The SMILES string of the molecule is CCOC(=O)/C=C/c1cccc(Cl)c1.CCOC(=O)CC(C[NH+]=O)c1cccc(Cl)c1.[OH-]. The van der Waals surface area contributed by atoms with Gasteiger partial charge in [0, 0.05) is 21.0 Å². The summed E-state index contributed by atoms with van der Waals surface area (Å²) in [5.74, 6) is -0.870. The standard InChI is InChI=1S/C12H14ClNO3.C11H11ClO2.H2O/c1-2-17-12(15)7-10(8-14-16)9-4-3-5-11(13)6-9;1-2-14-11(13)7-6-9-4-3-5-10(12)8-9;/h3-6,10H,2,7-8H2,1H3;3-8H,2H2,1H3;1H2/b;7-6+;. The highest BCUT2D eigenvalue weighted by molar-refractivity contribution is 6.31. The lowest BCUT2D eigenvalue weighted by molar-refractivity contribution is -0.484. The number of hydrogen-bond acceptors (Lipinski definition) is 6. The van der Waals surface area contributed by atoms with E-state index in [1.54, 1.807) is 50.3 Å². The Morgan fingerprint density at radius 1 is 1.00 bits per heavy atom. The highest BCUT2D eigenvalue weighted by Gasteiger charge is 2.20. The number of rotatable bonds is 9. The van der Waals surface area contributed by atoms with Crippen molar-refractivity contribution in [1.29, 1.82) is 0 Å². The topological polar surface area (TPSA) is 114 Å². The smallest absolute Gasteiger partial charge is 0.330 e. The Morgan fingerprint density at radius 2 is 1.62 bits per heavy atom. The van der Waals surface area contributed by atoms with E-state index in [4.69, 9.17) is 32.7 Å². The summed E-state index contributed by atoms with van der Waals surface area (Å²) >= 11 is 11.6. The van der Waals surface area contributed by atoms with Crippen LogP contribution in [0.1, 0.15) is 37.3 Å². The third kappa shape index (κ3) is 12.2. The molecule has 0 aliphatic heterocycles. The number of ether oxygens (including phenoxy) is 2. The van der Waals surface area contributed by atoms with E-state index in [0.29, 0.717) is 23.3 Å². The summed E-state index contributed by atoms with van der Waals surface area (Å²) in [6, 6.07) is 14.4. The third-order valence-electron chi connectivity index (χ3n) is 3.92. The number of halogens is 2. The number of nitroso groups, excluding NO2 is 1. The maximum Gasteiger partial charge on any atom is 0.330 e. The summed E-state index contributed by atoms with van der Waals surface area (Å²) in [5.41, 5.74) is 1.74. The summed E-state index contributed by atoms with van der Waals surface area (Å²) in [4.78, 5) is 32.9. The highest BCUT2D eigenvalue weighted by Crippen LogP contribution is 2.21. The molecule has 0 spiro atoms. The first-order valence-corrected chi connectivity index (χ1v) is 10.5. The molecule has 2 aromatic carbocycles. The van der Waals surface area contributed by atoms with Gasteiger partial charge in [0.05, 0.1) is 25.6 Å². The van der Waals surface area contributed by atoms with Crippen LogP contribution in [0.2, 0.25) is 10.0 Å². The normalized spacial score (nSPS) is 10.9. The maximum absolute atomic E-state index is 11.4.